The first-order valence-electron chi connectivity index (χ1n) is 45.1. The largest absolute Gasteiger partial charge is 0.458 e. The molecule has 0 aliphatic heterocycles. The Balaban J connectivity index is 4.42. The Bertz CT molecular complexity index is 3490. The molecule has 0 spiro atoms. The van der Waals surface area contributed by atoms with Gasteiger partial charge in [0, 0.05) is 12.2 Å². The molecule has 0 saturated heterocycles. The summed E-state index contributed by atoms with van der Waals surface area (Å²) >= 11 is 0. The van der Waals surface area contributed by atoms with Crippen LogP contribution >= 0.6 is 0 Å². The first-order valence-corrected chi connectivity index (χ1v) is 45.1. The lowest BCUT2D eigenvalue weighted by Gasteiger charge is -2.05. The van der Waals surface area contributed by atoms with Gasteiger partial charge in [0.1, 0.15) is 13.2 Å². The van der Waals surface area contributed by atoms with Crippen molar-refractivity contribution in [2.24, 2.45) is 0 Å². The minimum atomic E-state index is -0.252. The predicted molar refractivity (Wildman–Crippen MR) is 511 cm³/mol. The van der Waals surface area contributed by atoms with Crippen LogP contribution in [0.25, 0.3) is 0 Å². The maximum Gasteiger partial charge on any atom is 0.331 e. The quantitative estimate of drug-likeness (QED) is 0.0346. The van der Waals surface area contributed by atoms with Crippen LogP contribution < -0.4 is 0 Å². The SMILES string of the molecule is CC(C)=CCC/C(C)=C/CC/C(C)=C/CC/C(C)=C\CC/C(C)=C\CC/C(C)=C\CC/C(C)=C\C(=O)OC/C=C(/C)CC/C=C(/C)CC/C=C(/C)CC/C=C(/C)CC/C=C(/C)CC/C=C(\C)CC/C=C(\C)CC/C=C(\C)COC(=O)/C=C(/C)CC/C=C(/C)CC/C=C(/C)CC/C=C(/C)CC/C=C(\C)CC/C=C(\C)CCC=C(C)C. The van der Waals surface area contributed by atoms with E-state index in [1.54, 1.807) is 12.2 Å². The van der Waals surface area contributed by atoms with Crippen LogP contribution in [0.4, 0.5) is 0 Å². The fraction of sp³-hybridized carbons (Fsp3) is 0.582. The minimum absolute atomic E-state index is 0.248. The fourth-order valence-electron chi connectivity index (χ4n) is 13.3. The zero-order valence-corrected chi connectivity index (χ0v) is 78.6. The molecule has 638 valence electrons. The molecular weight excluding hydrogens is 1390 g/mol. The molecule has 0 aliphatic carbocycles. The van der Waals surface area contributed by atoms with Gasteiger partial charge in [-0.3, -0.25) is 0 Å². The second-order valence-electron chi connectivity index (χ2n) is 34.9. The molecule has 0 amide bonds. The Morgan fingerprint density at radius 3 is 0.456 bits per heavy atom. The number of allylic oxidation sites excluding steroid dienone is 40. The average Bonchev–Trinajstić information content (AvgIpc) is 0.987. The molecule has 4 nitrogen and oxygen atoms in total. The topological polar surface area (TPSA) is 52.6 Å². The highest BCUT2D eigenvalue weighted by atomic mass is 16.5. The molecule has 0 aromatic carbocycles. The van der Waals surface area contributed by atoms with Gasteiger partial charge < -0.3 is 9.47 Å². The average molecular weight is 1560 g/mol. The first-order chi connectivity index (χ1) is 54.3. The normalized spacial score (nSPS) is 14.9. The minimum Gasteiger partial charge on any atom is -0.458 e. The van der Waals surface area contributed by atoms with E-state index in [-0.39, 0.29) is 11.9 Å². The second-order valence-corrected chi connectivity index (χ2v) is 34.9. The molecule has 0 bridgehead atoms. The number of esters is 2. The van der Waals surface area contributed by atoms with Gasteiger partial charge in [0.2, 0.25) is 0 Å². The maximum atomic E-state index is 12.7. The van der Waals surface area contributed by atoms with Gasteiger partial charge >= 0.3 is 11.9 Å². The summed E-state index contributed by atoms with van der Waals surface area (Å²) in [6.07, 6.45) is 92.2. The van der Waals surface area contributed by atoms with E-state index in [0.717, 1.165) is 248 Å². The van der Waals surface area contributed by atoms with E-state index >= 15 is 0 Å². The second kappa shape index (κ2) is 70.4. The van der Waals surface area contributed by atoms with Crippen molar-refractivity contribution in [1.82, 2.24) is 0 Å². The van der Waals surface area contributed by atoms with Crippen molar-refractivity contribution in [3.05, 3.63) is 256 Å². The van der Waals surface area contributed by atoms with Crippen LogP contribution in [-0.2, 0) is 19.1 Å². The Morgan fingerprint density at radius 1 is 0.158 bits per heavy atom. The lowest BCUT2D eigenvalue weighted by Crippen LogP contribution is -2.04. The summed E-state index contributed by atoms with van der Waals surface area (Å²) in [4.78, 5) is 25.3. The smallest absolute Gasteiger partial charge is 0.331 e. The third-order valence-corrected chi connectivity index (χ3v) is 21.5. The predicted octanol–water partition coefficient (Wildman–Crippen LogP) is 35.8. The summed E-state index contributed by atoms with van der Waals surface area (Å²) in [5.74, 6) is -0.500. The van der Waals surface area contributed by atoms with Gasteiger partial charge in [-0.25, -0.2) is 9.59 Å². The van der Waals surface area contributed by atoms with Crippen molar-refractivity contribution >= 4 is 11.9 Å². The molecule has 0 radical (unpaired) electrons. The number of rotatable bonds is 63. The number of carbonyl (C=O) groups excluding carboxylic acids is 2. The van der Waals surface area contributed by atoms with Gasteiger partial charge in [0.05, 0.1) is 0 Å². The summed E-state index contributed by atoms with van der Waals surface area (Å²) in [7, 11) is 0. The molecule has 0 aromatic heterocycles. The van der Waals surface area contributed by atoms with Gasteiger partial charge in [-0.05, 0) is 422 Å². The van der Waals surface area contributed by atoms with Crippen LogP contribution in [0.2, 0.25) is 0 Å². The van der Waals surface area contributed by atoms with Crippen LogP contribution in [-0.4, -0.2) is 25.2 Å². The highest BCUT2D eigenvalue weighted by Gasteiger charge is 2.06. The van der Waals surface area contributed by atoms with Gasteiger partial charge in [0.25, 0.3) is 0 Å². The molecule has 0 rings (SSSR count). The van der Waals surface area contributed by atoms with E-state index in [1.165, 1.54) is 119 Å². The van der Waals surface area contributed by atoms with Crippen LogP contribution in [0.5, 0.6) is 0 Å². The van der Waals surface area contributed by atoms with Gasteiger partial charge in [-0.2, -0.15) is 0 Å². The molecule has 0 unspecified atom stereocenters. The van der Waals surface area contributed by atoms with Crippen molar-refractivity contribution in [2.75, 3.05) is 13.2 Å². The summed E-state index contributed by atoms with van der Waals surface area (Å²) in [5, 5.41) is 0. The monoisotopic (exact) mass is 1560 g/mol. The van der Waals surface area contributed by atoms with E-state index in [4.69, 9.17) is 9.47 Å². The Kier molecular flexibility index (Phi) is 66.2. The molecule has 114 heavy (non-hydrogen) atoms. The Morgan fingerprint density at radius 2 is 0.289 bits per heavy atom. The molecule has 0 atom stereocenters. The van der Waals surface area contributed by atoms with Gasteiger partial charge in [-0.1, -0.05) is 232 Å². The molecule has 0 heterocycles. The standard InChI is InChI=1S/C110H174O4/c1-87(2)44-25-46-89(5)48-27-50-91(7)52-29-54-93(9)59-33-63-98(14)67-37-71-102(18)75-41-79-106(22)84-109(111)113-83-82-105(21)78-40-74-101(17)70-36-66-97(13)62-32-58-95(11)56-31-57-96(12)61-35-65-100(16)69-39-73-104(20)77-43-81-108(24)86-114-110(112)85-107(23)80-42-76-103(19)72-38-68-99(15)64-34-60-94(10)55-30-53-92(8)51-28-49-90(6)47-26-45-88(3)4/h44-45,48-49,52-53,57-60,65-68,73-76,81-82,84-85H,25-43,46-47,50-51,54-56,61-64,69-72,77-80,83,86H2,1-24H3/b89-48+,90-49+,91-52+,92-53+,93-59-,94-60-,95-58-,96-57-,97-66-,98-67-,99-68-,100-65+,101-74-,102-75-,103-76-,104-73+,105-82-,106-84-,107-85-,108-81+. The molecular formula is C110H174O4. The van der Waals surface area contributed by atoms with E-state index in [0.29, 0.717) is 13.2 Å². The number of ether oxygens (including phenoxy) is 2. The fourth-order valence-corrected chi connectivity index (χ4v) is 13.3. The van der Waals surface area contributed by atoms with Crippen LogP contribution in [0.3, 0.4) is 0 Å². The highest BCUT2D eigenvalue weighted by Crippen LogP contribution is 2.23. The number of carbonyl (C=O) groups is 2. The summed E-state index contributed by atoms with van der Waals surface area (Å²) in [6, 6.07) is 0. The Labute approximate surface area is 706 Å². The lowest BCUT2D eigenvalue weighted by molar-refractivity contribution is -0.137. The molecule has 0 saturated carbocycles. The summed E-state index contributed by atoms with van der Waals surface area (Å²) < 4.78 is 11.2. The van der Waals surface area contributed by atoms with E-state index in [1.807, 2.05) is 13.8 Å². The van der Waals surface area contributed by atoms with Crippen LogP contribution in [0.1, 0.15) is 410 Å². The summed E-state index contributed by atoms with van der Waals surface area (Å²) in [5.41, 5.74) is 30.9. The molecule has 0 aliphatic rings. The van der Waals surface area contributed by atoms with Gasteiger partial charge in [-0.15, -0.1) is 0 Å². The third kappa shape index (κ3) is 71.7. The molecule has 0 aromatic rings. The van der Waals surface area contributed by atoms with Crippen molar-refractivity contribution in [3.8, 4) is 0 Å². The van der Waals surface area contributed by atoms with Crippen LogP contribution in [0.15, 0.2) is 256 Å². The maximum absolute atomic E-state index is 12.7. The number of hydrogen-bond acceptors (Lipinski definition) is 4. The van der Waals surface area contributed by atoms with Crippen molar-refractivity contribution in [3.63, 3.8) is 0 Å². The zero-order valence-electron chi connectivity index (χ0n) is 78.6. The van der Waals surface area contributed by atoms with Crippen LogP contribution in [0, 0.1) is 0 Å². The highest BCUT2D eigenvalue weighted by molar-refractivity contribution is 5.83. The van der Waals surface area contributed by atoms with E-state index in [2.05, 4.69) is 274 Å². The molecule has 0 fully saturated rings. The first kappa shape index (κ1) is 107. The van der Waals surface area contributed by atoms with Gasteiger partial charge in [0.15, 0.2) is 0 Å². The third-order valence-electron chi connectivity index (χ3n) is 21.5. The number of hydrogen-bond donors (Lipinski definition) is 0. The molecule has 4 heteroatoms. The Hall–Kier alpha value is -6.78. The molecule has 0 N–H and O–H groups in total. The van der Waals surface area contributed by atoms with E-state index < -0.39 is 0 Å². The summed E-state index contributed by atoms with van der Waals surface area (Å²) in [6.45, 7) is 54.0. The lowest BCUT2D eigenvalue weighted by atomic mass is 10.0. The van der Waals surface area contributed by atoms with E-state index in [9.17, 15) is 9.59 Å². The van der Waals surface area contributed by atoms with Crippen molar-refractivity contribution in [2.45, 2.75) is 410 Å². The van der Waals surface area contributed by atoms with Crippen molar-refractivity contribution in [1.29, 1.82) is 0 Å². The zero-order chi connectivity index (χ0) is 85.1. The van der Waals surface area contributed by atoms with Crippen molar-refractivity contribution < 1.29 is 19.1 Å².